The molecule has 2 heterocycles. The lowest BCUT2D eigenvalue weighted by Gasteiger charge is -2.23. The Hall–Kier alpha value is -5.04. The van der Waals surface area contributed by atoms with Crippen molar-refractivity contribution in [2.75, 3.05) is 6.61 Å². The molecule has 0 unspecified atom stereocenters. The number of rotatable bonds is 8. The second kappa shape index (κ2) is 10.8. The van der Waals surface area contributed by atoms with E-state index in [0.29, 0.717) is 34.9 Å². The van der Waals surface area contributed by atoms with Crippen LogP contribution in [0.5, 0.6) is 5.75 Å². The van der Waals surface area contributed by atoms with E-state index in [-0.39, 0.29) is 11.1 Å². The molecular weight excluding hydrogens is 512 g/mol. The third kappa shape index (κ3) is 4.80. The summed E-state index contributed by atoms with van der Waals surface area (Å²) in [6.07, 6.45) is 0.815. The molecular formula is C34H32N4O3. The first-order chi connectivity index (χ1) is 20.0. The fourth-order valence-corrected chi connectivity index (χ4v) is 5.53. The van der Waals surface area contributed by atoms with E-state index in [4.69, 9.17) is 4.74 Å². The van der Waals surface area contributed by atoms with Gasteiger partial charge in [0.1, 0.15) is 5.75 Å². The van der Waals surface area contributed by atoms with Gasteiger partial charge in [0.25, 0.3) is 11.1 Å². The average molecular weight is 545 g/mol. The molecule has 0 aliphatic carbocycles. The standard InChI is InChI=1S/C34H32N4O3/c1-4-19-41-26-18-17-22-7-5-6-8-25(22)27(26)28(29-31(35-37-33(29)39)23-13-9-20(2)10-14-23)30-32(36-38-34(30)40)24-15-11-21(3)12-16-24/h5-18,28H,4,19H2,1-3H3,(H2,35,37,39)(H2,36,38,40). The minimum atomic E-state index is -0.759. The van der Waals surface area contributed by atoms with Crippen LogP contribution in [0.1, 0.15) is 47.1 Å². The lowest BCUT2D eigenvalue weighted by Crippen LogP contribution is -2.21. The van der Waals surface area contributed by atoms with E-state index in [1.54, 1.807) is 0 Å². The highest BCUT2D eigenvalue weighted by Gasteiger charge is 2.34. The average Bonchev–Trinajstić information content (AvgIpc) is 3.56. The summed E-state index contributed by atoms with van der Waals surface area (Å²) < 4.78 is 6.33. The Balaban J connectivity index is 1.73. The number of nitrogens with one attached hydrogen (secondary N) is 4. The molecule has 6 rings (SSSR count). The van der Waals surface area contributed by atoms with E-state index in [1.165, 1.54) is 0 Å². The van der Waals surface area contributed by atoms with Crippen LogP contribution in [0, 0.1) is 13.8 Å². The maximum atomic E-state index is 13.8. The summed E-state index contributed by atoms with van der Waals surface area (Å²) in [4.78, 5) is 27.6. The van der Waals surface area contributed by atoms with Crippen molar-refractivity contribution in [3.63, 3.8) is 0 Å². The Bertz CT molecular complexity index is 1840. The molecule has 0 atom stereocenters. The molecule has 4 N–H and O–H groups in total. The zero-order valence-electron chi connectivity index (χ0n) is 23.3. The van der Waals surface area contributed by atoms with Gasteiger partial charge in [-0.25, -0.2) is 0 Å². The minimum absolute atomic E-state index is 0.296. The van der Waals surface area contributed by atoms with Crippen LogP contribution in [0.15, 0.2) is 94.5 Å². The van der Waals surface area contributed by atoms with Crippen LogP contribution >= 0.6 is 0 Å². The fraction of sp³-hybridized carbons (Fsp3) is 0.176. The summed E-state index contributed by atoms with van der Waals surface area (Å²) in [6.45, 7) is 6.60. The van der Waals surface area contributed by atoms with Crippen LogP contribution in [0.25, 0.3) is 33.3 Å². The van der Waals surface area contributed by atoms with Crippen molar-refractivity contribution in [1.29, 1.82) is 0 Å². The first kappa shape index (κ1) is 26.2. The molecule has 0 amide bonds. The molecule has 6 aromatic rings. The molecule has 0 spiro atoms. The van der Waals surface area contributed by atoms with Gasteiger partial charge in [0.15, 0.2) is 0 Å². The molecule has 0 radical (unpaired) electrons. The van der Waals surface area contributed by atoms with Gasteiger partial charge >= 0.3 is 0 Å². The fourth-order valence-electron chi connectivity index (χ4n) is 5.53. The monoisotopic (exact) mass is 544 g/mol. The van der Waals surface area contributed by atoms with Crippen molar-refractivity contribution in [2.24, 2.45) is 0 Å². The number of aromatic amines is 4. The van der Waals surface area contributed by atoms with Crippen molar-refractivity contribution in [2.45, 2.75) is 33.1 Å². The Morgan fingerprint density at radius 1 is 0.634 bits per heavy atom. The first-order valence-electron chi connectivity index (χ1n) is 13.9. The number of benzene rings is 4. The third-order valence-corrected chi connectivity index (χ3v) is 7.57. The number of aryl methyl sites for hydroxylation is 2. The smallest absolute Gasteiger partial charge is 0.268 e. The lowest BCUT2D eigenvalue weighted by molar-refractivity contribution is 0.314. The van der Waals surface area contributed by atoms with E-state index in [2.05, 4.69) is 27.3 Å². The van der Waals surface area contributed by atoms with Crippen molar-refractivity contribution in [3.8, 4) is 28.3 Å². The largest absolute Gasteiger partial charge is 0.493 e. The van der Waals surface area contributed by atoms with Gasteiger partial charge in [0.05, 0.1) is 35.0 Å². The predicted molar refractivity (Wildman–Crippen MR) is 164 cm³/mol. The summed E-state index contributed by atoms with van der Waals surface area (Å²) >= 11 is 0. The Labute approximate surface area is 237 Å². The van der Waals surface area contributed by atoms with E-state index in [0.717, 1.165) is 45.0 Å². The van der Waals surface area contributed by atoms with Gasteiger partial charge < -0.3 is 4.74 Å². The first-order valence-corrected chi connectivity index (χ1v) is 13.9. The van der Waals surface area contributed by atoms with E-state index < -0.39 is 5.92 Å². The Kier molecular flexibility index (Phi) is 6.93. The summed E-state index contributed by atoms with van der Waals surface area (Å²) in [5.41, 5.74) is 6.24. The number of hydrogen-bond donors (Lipinski definition) is 4. The molecule has 0 aliphatic heterocycles. The number of fused-ring (bicyclic) bond motifs is 1. The number of hydrogen-bond acceptors (Lipinski definition) is 3. The minimum Gasteiger partial charge on any atom is -0.493 e. The molecule has 7 nitrogen and oxygen atoms in total. The molecule has 0 bridgehead atoms. The zero-order chi connectivity index (χ0) is 28.5. The summed E-state index contributed by atoms with van der Waals surface area (Å²) in [6, 6.07) is 27.9. The highest BCUT2D eigenvalue weighted by atomic mass is 16.5. The van der Waals surface area contributed by atoms with Gasteiger partial charge in [-0.3, -0.25) is 30.0 Å². The number of aromatic nitrogens is 4. The molecule has 4 aromatic carbocycles. The van der Waals surface area contributed by atoms with Crippen LogP contribution in [0.2, 0.25) is 0 Å². The SMILES string of the molecule is CCCOc1ccc2ccccc2c1C(c1c(-c2ccc(C)cc2)[nH][nH]c1=O)c1c(-c2ccc(C)cc2)[nH][nH]c1=O. The van der Waals surface area contributed by atoms with E-state index in [9.17, 15) is 9.59 Å². The molecule has 0 saturated carbocycles. The third-order valence-electron chi connectivity index (χ3n) is 7.57. The Morgan fingerprint density at radius 2 is 1.17 bits per heavy atom. The molecule has 0 fully saturated rings. The van der Waals surface area contributed by atoms with Crippen LogP contribution in [-0.4, -0.2) is 27.0 Å². The number of H-pyrrole nitrogens is 4. The van der Waals surface area contributed by atoms with Crippen LogP contribution in [-0.2, 0) is 0 Å². The lowest BCUT2D eigenvalue weighted by atomic mass is 9.80. The van der Waals surface area contributed by atoms with Gasteiger partial charge in [-0.15, -0.1) is 0 Å². The molecule has 0 aliphatic rings. The summed E-state index contributed by atoms with van der Waals surface area (Å²) in [7, 11) is 0. The number of ether oxygens (including phenoxy) is 1. The maximum absolute atomic E-state index is 13.8. The summed E-state index contributed by atoms with van der Waals surface area (Å²) in [5, 5.41) is 13.8. The van der Waals surface area contributed by atoms with Gasteiger partial charge in [-0.1, -0.05) is 96.9 Å². The van der Waals surface area contributed by atoms with Crippen molar-refractivity contribution < 1.29 is 4.74 Å². The van der Waals surface area contributed by atoms with Gasteiger partial charge in [0, 0.05) is 5.56 Å². The highest BCUT2D eigenvalue weighted by molar-refractivity contribution is 5.90. The molecule has 41 heavy (non-hydrogen) atoms. The zero-order valence-corrected chi connectivity index (χ0v) is 23.3. The van der Waals surface area contributed by atoms with Crippen LogP contribution in [0.4, 0.5) is 0 Å². The normalized spacial score (nSPS) is 11.4. The molecule has 206 valence electrons. The van der Waals surface area contributed by atoms with Gasteiger partial charge in [-0.05, 0) is 48.2 Å². The molecule has 0 saturated heterocycles. The molecule has 7 heteroatoms. The quantitative estimate of drug-likeness (QED) is 0.169. The highest BCUT2D eigenvalue weighted by Crippen LogP contribution is 2.44. The van der Waals surface area contributed by atoms with Crippen LogP contribution in [0.3, 0.4) is 0 Å². The van der Waals surface area contributed by atoms with Crippen molar-refractivity contribution >= 4 is 10.8 Å². The van der Waals surface area contributed by atoms with Gasteiger partial charge in [-0.2, -0.15) is 0 Å². The van der Waals surface area contributed by atoms with Gasteiger partial charge in [0.2, 0.25) is 0 Å². The van der Waals surface area contributed by atoms with Crippen molar-refractivity contribution in [3.05, 3.63) is 133 Å². The second-order valence-corrected chi connectivity index (χ2v) is 10.4. The molecule has 2 aromatic heterocycles. The van der Waals surface area contributed by atoms with E-state index >= 15 is 0 Å². The predicted octanol–water partition coefficient (Wildman–Crippen LogP) is 6.79. The van der Waals surface area contributed by atoms with Crippen LogP contribution < -0.4 is 15.9 Å². The topological polar surface area (TPSA) is 107 Å². The Morgan fingerprint density at radius 3 is 1.71 bits per heavy atom. The van der Waals surface area contributed by atoms with E-state index in [1.807, 2.05) is 98.8 Å². The maximum Gasteiger partial charge on any atom is 0.268 e. The second-order valence-electron chi connectivity index (χ2n) is 10.4. The summed E-state index contributed by atoms with van der Waals surface area (Å²) in [5.74, 6) is -0.118. The van der Waals surface area contributed by atoms with Crippen molar-refractivity contribution in [1.82, 2.24) is 20.4 Å².